The number of halogens is 2. The van der Waals surface area contributed by atoms with Gasteiger partial charge in [0.25, 0.3) is 11.8 Å². The number of hydrogen-bond donors (Lipinski definition) is 0. The van der Waals surface area contributed by atoms with Gasteiger partial charge in [-0.1, -0.05) is 23.2 Å². The molecule has 0 radical (unpaired) electrons. The van der Waals surface area contributed by atoms with Crippen LogP contribution in [-0.2, 0) is 11.8 Å². The van der Waals surface area contributed by atoms with Crippen LogP contribution in [0, 0.1) is 6.92 Å². The van der Waals surface area contributed by atoms with Crippen LogP contribution in [0.2, 0.25) is 10.3 Å². The third-order valence-electron chi connectivity index (χ3n) is 4.10. The van der Waals surface area contributed by atoms with E-state index in [9.17, 15) is 9.59 Å². The van der Waals surface area contributed by atoms with Gasteiger partial charge in [-0.25, -0.2) is 15.0 Å². The first-order valence-electron chi connectivity index (χ1n) is 8.01. The lowest BCUT2D eigenvalue weighted by Gasteiger charge is -2.27. The van der Waals surface area contributed by atoms with Crippen molar-refractivity contribution in [1.29, 1.82) is 0 Å². The van der Waals surface area contributed by atoms with E-state index in [2.05, 4.69) is 10.1 Å². The lowest BCUT2D eigenvalue weighted by molar-refractivity contribution is -0.134. The van der Waals surface area contributed by atoms with Crippen LogP contribution in [0.15, 0.2) is 24.4 Å². The molecule has 0 saturated carbocycles. The Hall–Kier alpha value is -2.38. The first-order valence-corrected chi connectivity index (χ1v) is 8.76. The number of hydrogen-bond acceptors (Lipinski definition) is 4. The molecule has 0 bridgehead atoms. The fourth-order valence-corrected chi connectivity index (χ4v) is 3.25. The summed E-state index contributed by atoms with van der Waals surface area (Å²) in [5, 5.41) is 7.56. The minimum atomic E-state index is -0.349. The number of rotatable bonds is 3. The Morgan fingerprint density at radius 1 is 1.23 bits per heavy atom. The molecule has 2 aromatic rings. The zero-order chi connectivity index (χ0) is 18.8. The third kappa shape index (κ3) is 3.45. The van der Waals surface area contributed by atoms with Gasteiger partial charge in [0.15, 0.2) is 0 Å². The molecule has 9 heteroatoms. The van der Waals surface area contributed by atoms with Crippen molar-refractivity contribution in [3.63, 3.8) is 0 Å². The molecule has 2 aromatic heterocycles. The van der Waals surface area contributed by atoms with Gasteiger partial charge in [-0.2, -0.15) is 5.10 Å². The molecule has 0 unspecified atom stereocenters. The highest BCUT2D eigenvalue weighted by molar-refractivity contribution is 6.32. The van der Waals surface area contributed by atoms with Gasteiger partial charge in [0.05, 0.1) is 11.3 Å². The summed E-state index contributed by atoms with van der Waals surface area (Å²) in [6.45, 7) is 2.70. The van der Waals surface area contributed by atoms with E-state index in [1.165, 1.54) is 27.0 Å². The molecule has 7 nitrogen and oxygen atoms in total. The molecule has 0 N–H and O–H groups in total. The van der Waals surface area contributed by atoms with Gasteiger partial charge in [-0.05, 0) is 31.6 Å². The Morgan fingerprint density at radius 2 is 1.96 bits per heavy atom. The average Bonchev–Trinajstić information content (AvgIpc) is 3.19. The van der Waals surface area contributed by atoms with E-state index < -0.39 is 0 Å². The Labute approximate surface area is 160 Å². The van der Waals surface area contributed by atoms with E-state index in [0.717, 1.165) is 5.69 Å². The Morgan fingerprint density at radius 3 is 2.62 bits per heavy atom. The van der Waals surface area contributed by atoms with E-state index in [0.29, 0.717) is 30.2 Å². The van der Waals surface area contributed by atoms with E-state index in [1.54, 1.807) is 25.3 Å². The first kappa shape index (κ1) is 18.4. The van der Waals surface area contributed by atoms with Crippen LogP contribution in [0.25, 0.3) is 6.08 Å². The maximum absolute atomic E-state index is 12.7. The maximum atomic E-state index is 12.7. The second-order valence-electron chi connectivity index (χ2n) is 5.83. The standard InChI is InChI=1S/C17H17Cl2N5O2/c1-11-12(16(19)22(2)21-11)6-7-14(25)23-9-4-10-24(23)17(26)13-5-3-8-20-15(13)18/h3,5-8H,4,9-10H2,1-2H3. The lowest BCUT2D eigenvalue weighted by Crippen LogP contribution is -2.44. The van der Waals surface area contributed by atoms with Crippen LogP contribution in [-0.4, -0.2) is 49.7 Å². The summed E-state index contributed by atoms with van der Waals surface area (Å²) in [6, 6.07) is 3.22. The zero-order valence-corrected chi connectivity index (χ0v) is 15.8. The molecule has 1 saturated heterocycles. The maximum Gasteiger partial charge on any atom is 0.275 e. The molecular weight excluding hydrogens is 377 g/mol. The monoisotopic (exact) mass is 393 g/mol. The molecule has 0 atom stereocenters. The van der Waals surface area contributed by atoms with Crippen molar-refractivity contribution in [3.05, 3.63) is 51.5 Å². The molecule has 3 rings (SSSR count). The van der Waals surface area contributed by atoms with E-state index >= 15 is 0 Å². The van der Waals surface area contributed by atoms with Crippen LogP contribution in [0.5, 0.6) is 0 Å². The van der Waals surface area contributed by atoms with Gasteiger partial charge in [0, 0.05) is 38.0 Å². The van der Waals surface area contributed by atoms with Gasteiger partial charge in [-0.15, -0.1) is 0 Å². The predicted molar refractivity (Wildman–Crippen MR) is 98.6 cm³/mol. The number of carbonyl (C=O) groups excluding carboxylic acids is 2. The number of aryl methyl sites for hydroxylation is 2. The molecule has 2 amide bonds. The van der Waals surface area contributed by atoms with Crippen LogP contribution >= 0.6 is 23.2 Å². The van der Waals surface area contributed by atoms with Crippen molar-refractivity contribution in [3.8, 4) is 0 Å². The predicted octanol–water partition coefficient (Wildman–Crippen LogP) is 2.73. The van der Waals surface area contributed by atoms with Gasteiger partial charge in [-0.3, -0.25) is 14.3 Å². The number of pyridine rings is 1. The molecule has 3 heterocycles. The fourth-order valence-electron chi connectivity index (χ4n) is 2.81. The molecule has 1 aliphatic rings. The molecule has 1 aliphatic heterocycles. The molecule has 0 spiro atoms. The number of hydrazine groups is 1. The summed E-state index contributed by atoms with van der Waals surface area (Å²) in [5.41, 5.74) is 1.66. The molecule has 26 heavy (non-hydrogen) atoms. The Kier molecular flexibility index (Phi) is 5.29. The van der Waals surface area contributed by atoms with Crippen molar-refractivity contribution < 1.29 is 9.59 Å². The first-order chi connectivity index (χ1) is 12.4. The third-order valence-corrected chi connectivity index (χ3v) is 4.85. The van der Waals surface area contributed by atoms with Crippen molar-refractivity contribution >= 4 is 41.1 Å². The second kappa shape index (κ2) is 7.47. The number of carbonyl (C=O) groups is 2. The van der Waals surface area contributed by atoms with E-state index in [-0.39, 0.29) is 22.5 Å². The summed E-state index contributed by atoms with van der Waals surface area (Å²) in [6.07, 6.45) is 5.21. The second-order valence-corrected chi connectivity index (χ2v) is 6.55. The quantitative estimate of drug-likeness (QED) is 0.593. The van der Waals surface area contributed by atoms with Crippen LogP contribution in [0.4, 0.5) is 0 Å². The van der Waals surface area contributed by atoms with Gasteiger partial charge in [0.2, 0.25) is 0 Å². The Bertz CT molecular complexity index is 893. The smallest absolute Gasteiger partial charge is 0.268 e. The van der Waals surface area contributed by atoms with Gasteiger partial charge < -0.3 is 0 Å². The number of aromatic nitrogens is 3. The lowest BCUT2D eigenvalue weighted by atomic mass is 10.2. The van der Waals surface area contributed by atoms with Gasteiger partial charge >= 0.3 is 0 Å². The molecule has 1 fully saturated rings. The van der Waals surface area contributed by atoms with E-state index in [1.807, 2.05) is 6.92 Å². The minimum Gasteiger partial charge on any atom is -0.268 e. The summed E-state index contributed by atoms with van der Waals surface area (Å²) < 4.78 is 1.54. The number of amides is 2. The van der Waals surface area contributed by atoms with Crippen molar-refractivity contribution in [2.75, 3.05) is 13.1 Å². The zero-order valence-electron chi connectivity index (χ0n) is 14.3. The van der Waals surface area contributed by atoms with Crippen molar-refractivity contribution in [1.82, 2.24) is 24.8 Å². The van der Waals surface area contributed by atoms with Crippen LogP contribution in [0.1, 0.15) is 28.0 Å². The topological polar surface area (TPSA) is 71.3 Å². The Balaban J connectivity index is 1.79. The van der Waals surface area contributed by atoms with Crippen molar-refractivity contribution in [2.24, 2.45) is 7.05 Å². The summed E-state index contributed by atoms with van der Waals surface area (Å²) in [4.78, 5) is 29.2. The highest BCUT2D eigenvalue weighted by Crippen LogP contribution is 2.22. The minimum absolute atomic E-state index is 0.116. The average molecular weight is 394 g/mol. The highest BCUT2D eigenvalue weighted by atomic mass is 35.5. The number of nitrogens with zero attached hydrogens (tertiary/aromatic N) is 5. The van der Waals surface area contributed by atoms with E-state index in [4.69, 9.17) is 23.2 Å². The van der Waals surface area contributed by atoms with Gasteiger partial charge in [0.1, 0.15) is 10.3 Å². The van der Waals surface area contributed by atoms with Crippen molar-refractivity contribution in [2.45, 2.75) is 13.3 Å². The normalized spacial score (nSPS) is 14.5. The molecule has 0 aromatic carbocycles. The highest BCUT2D eigenvalue weighted by Gasteiger charge is 2.31. The summed E-state index contributed by atoms with van der Waals surface area (Å²) >= 11 is 12.2. The molecular formula is C17H17Cl2N5O2. The summed E-state index contributed by atoms with van der Waals surface area (Å²) in [5.74, 6) is -0.659. The molecule has 0 aliphatic carbocycles. The SMILES string of the molecule is Cc1nn(C)c(Cl)c1C=CC(=O)N1CCCN1C(=O)c1cccnc1Cl. The summed E-state index contributed by atoms with van der Waals surface area (Å²) in [7, 11) is 1.73. The molecule has 136 valence electrons. The largest absolute Gasteiger partial charge is 0.275 e. The van der Waals surface area contributed by atoms with Crippen LogP contribution in [0.3, 0.4) is 0 Å². The fraction of sp³-hybridized carbons (Fsp3) is 0.294. The van der Waals surface area contributed by atoms with Crippen LogP contribution < -0.4 is 0 Å².